The molecule has 0 spiro atoms. The molecule has 9 heteroatoms. The van der Waals surface area contributed by atoms with Crippen molar-refractivity contribution in [2.24, 2.45) is 0 Å². The lowest BCUT2D eigenvalue weighted by molar-refractivity contribution is -0.140. The van der Waals surface area contributed by atoms with Gasteiger partial charge in [0.1, 0.15) is 17.2 Å². The second-order valence-electron chi connectivity index (χ2n) is 8.41. The Kier molecular flexibility index (Phi) is 8.01. The van der Waals surface area contributed by atoms with Gasteiger partial charge in [-0.1, -0.05) is 26.0 Å². The SMILES string of the molecule is CCN(CC)CCN1C(=O)C(=O)/C(=C(/O)c2c(C)[nH]c(C(=O)OC)c2C)[C@@H]1c1ccc(OC)cc1. The molecule has 0 bridgehead atoms. The van der Waals surface area contributed by atoms with E-state index >= 15 is 0 Å². The normalized spacial score (nSPS) is 17.3. The first-order chi connectivity index (χ1) is 16.7. The number of H-pyrrole nitrogens is 1. The quantitative estimate of drug-likeness (QED) is 0.244. The highest BCUT2D eigenvalue weighted by atomic mass is 16.5. The third kappa shape index (κ3) is 4.81. The van der Waals surface area contributed by atoms with Crippen molar-refractivity contribution in [1.82, 2.24) is 14.8 Å². The number of aryl methyl sites for hydroxylation is 1. The molecule has 35 heavy (non-hydrogen) atoms. The van der Waals surface area contributed by atoms with Crippen LogP contribution in [-0.4, -0.2) is 77.9 Å². The monoisotopic (exact) mass is 483 g/mol. The zero-order chi connectivity index (χ0) is 25.9. The summed E-state index contributed by atoms with van der Waals surface area (Å²) in [5.74, 6) is -1.71. The first-order valence-corrected chi connectivity index (χ1v) is 11.6. The van der Waals surface area contributed by atoms with Gasteiger partial charge in [-0.05, 0) is 50.2 Å². The largest absolute Gasteiger partial charge is 0.507 e. The van der Waals surface area contributed by atoms with Crippen molar-refractivity contribution in [3.05, 3.63) is 57.9 Å². The van der Waals surface area contributed by atoms with Crippen LogP contribution in [0.4, 0.5) is 0 Å². The molecule has 0 radical (unpaired) electrons. The Morgan fingerprint density at radius 2 is 1.74 bits per heavy atom. The Morgan fingerprint density at radius 1 is 1.11 bits per heavy atom. The van der Waals surface area contributed by atoms with Crippen LogP contribution in [-0.2, 0) is 14.3 Å². The van der Waals surface area contributed by atoms with Crippen molar-refractivity contribution in [2.75, 3.05) is 40.4 Å². The number of likely N-dealkylation sites (tertiary alicyclic amines) is 1. The van der Waals surface area contributed by atoms with Crippen LogP contribution in [0.1, 0.15) is 52.8 Å². The van der Waals surface area contributed by atoms with E-state index in [1.54, 1.807) is 45.2 Å². The van der Waals surface area contributed by atoms with Crippen LogP contribution < -0.4 is 4.74 Å². The molecule has 0 saturated carbocycles. The Labute approximate surface area is 205 Å². The van der Waals surface area contributed by atoms with E-state index in [2.05, 4.69) is 9.88 Å². The number of methoxy groups -OCH3 is 2. The average Bonchev–Trinajstić information content (AvgIpc) is 3.30. The fourth-order valence-corrected chi connectivity index (χ4v) is 4.58. The summed E-state index contributed by atoms with van der Waals surface area (Å²) in [5, 5.41) is 11.4. The van der Waals surface area contributed by atoms with Gasteiger partial charge in [-0.15, -0.1) is 0 Å². The Hall–Kier alpha value is -3.59. The number of aliphatic hydroxyl groups is 1. The molecule has 1 aliphatic rings. The summed E-state index contributed by atoms with van der Waals surface area (Å²) in [6.45, 7) is 9.94. The maximum Gasteiger partial charge on any atom is 0.354 e. The molecule has 2 heterocycles. The van der Waals surface area contributed by atoms with Crippen molar-refractivity contribution < 1.29 is 29.0 Å². The number of nitrogens with one attached hydrogen (secondary N) is 1. The number of aromatic nitrogens is 1. The summed E-state index contributed by atoms with van der Waals surface area (Å²) in [6, 6.07) is 6.28. The van der Waals surface area contributed by atoms with Gasteiger partial charge in [-0.3, -0.25) is 9.59 Å². The van der Waals surface area contributed by atoms with Gasteiger partial charge in [-0.25, -0.2) is 4.79 Å². The third-order valence-corrected chi connectivity index (χ3v) is 6.59. The number of rotatable bonds is 9. The second kappa shape index (κ2) is 10.8. The molecule has 3 rings (SSSR count). The Morgan fingerprint density at radius 3 is 2.29 bits per heavy atom. The fraction of sp³-hybridized carbons (Fsp3) is 0.423. The molecule has 1 amide bonds. The molecule has 1 aromatic carbocycles. The summed E-state index contributed by atoms with van der Waals surface area (Å²) in [7, 11) is 2.82. The summed E-state index contributed by atoms with van der Waals surface area (Å²) in [6.07, 6.45) is 0. The minimum absolute atomic E-state index is 0.0127. The molecule has 0 unspecified atom stereocenters. The predicted molar refractivity (Wildman–Crippen MR) is 131 cm³/mol. The molecule has 1 saturated heterocycles. The number of ketones is 1. The van der Waals surface area contributed by atoms with Crippen molar-refractivity contribution in [3.8, 4) is 5.75 Å². The molecule has 2 N–H and O–H groups in total. The van der Waals surface area contributed by atoms with Crippen LogP contribution >= 0.6 is 0 Å². The zero-order valence-electron chi connectivity index (χ0n) is 21.1. The number of esters is 1. The van der Waals surface area contributed by atoms with Crippen LogP contribution in [0, 0.1) is 13.8 Å². The summed E-state index contributed by atoms with van der Waals surface area (Å²) >= 11 is 0. The number of aliphatic hydroxyl groups excluding tert-OH is 1. The van der Waals surface area contributed by atoms with Gasteiger partial charge in [0, 0.05) is 24.3 Å². The number of hydrogen-bond acceptors (Lipinski definition) is 7. The standard InChI is InChI=1S/C26H33N3O6/c1-7-28(8-2)13-14-29-22(17-9-11-18(34-5)12-10-17)20(24(31)25(29)32)23(30)19-15(3)21(26(33)35-6)27-16(19)4/h9-12,22,27,30H,7-8,13-14H2,1-6H3/b23-20+/t22-/m0/s1. The molecule has 188 valence electrons. The van der Waals surface area contributed by atoms with Crippen LogP contribution in [0.3, 0.4) is 0 Å². The van der Waals surface area contributed by atoms with Crippen molar-refractivity contribution in [1.29, 1.82) is 0 Å². The predicted octanol–water partition coefficient (Wildman–Crippen LogP) is 3.19. The lowest BCUT2D eigenvalue weighted by atomic mass is 9.94. The molecule has 0 aliphatic carbocycles. The van der Waals surface area contributed by atoms with E-state index in [0.717, 1.165) is 13.1 Å². The lowest BCUT2D eigenvalue weighted by Crippen LogP contribution is -2.38. The molecular formula is C26H33N3O6. The van der Waals surface area contributed by atoms with Crippen LogP contribution in [0.2, 0.25) is 0 Å². The van der Waals surface area contributed by atoms with E-state index in [-0.39, 0.29) is 17.0 Å². The first kappa shape index (κ1) is 26.0. The van der Waals surface area contributed by atoms with Gasteiger partial charge in [0.25, 0.3) is 11.7 Å². The van der Waals surface area contributed by atoms with Gasteiger partial charge >= 0.3 is 5.97 Å². The number of aromatic amines is 1. The Bertz CT molecular complexity index is 1140. The highest BCUT2D eigenvalue weighted by molar-refractivity contribution is 6.46. The fourth-order valence-electron chi connectivity index (χ4n) is 4.58. The number of ether oxygens (including phenoxy) is 2. The van der Waals surface area contributed by atoms with E-state index in [1.165, 1.54) is 12.0 Å². The highest BCUT2D eigenvalue weighted by Crippen LogP contribution is 2.41. The molecule has 9 nitrogen and oxygen atoms in total. The van der Waals surface area contributed by atoms with E-state index in [9.17, 15) is 19.5 Å². The van der Waals surface area contributed by atoms with Crippen LogP contribution in [0.25, 0.3) is 5.76 Å². The number of likely N-dealkylation sites (N-methyl/N-ethyl adjacent to an activating group) is 1. The van der Waals surface area contributed by atoms with Gasteiger partial charge in [0.05, 0.1) is 25.8 Å². The zero-order valence-corrected chi connectivity index (χ0v) is 21.1. The number of carbonyl (C=O) groups is 3. The smallest absolute Gasteiger partial charge is 0.354 e. The number of nitrogens with zero attached hydrogens (tertiary/aromatic N) is 2. The van der Waals surface area contributed by atoms with E-state index in [4.69, 9.17) is 9.47 Å². The van der Waals surface area contributed by atoms with Gasteiger partial charge in [0.15, 0.2) is 0 Å². The van der Waals surface area contributed by atoms with E-state index in [1.807, 2.05) is 13.8 Å². The average molecular weight is 484 g/mol. The molecule has 1 atom stereocenters. The van der Waals surface area contributed by atoms with Gasteiger partial charge < -0.3 is 29.4 Å². The van der Waals surface area contributed by atoms with Crippen LogP contribution in [0.5, 0.6) is 5.75 Å². The summed E-state index contributed by atoms with van der Waals surface area (Å²) in [5.41, 5.74) is 2.08. The second-order valence-corrected chi connectivity index (χ2v) is 8.41. The van der Waals surface area contributed by atoms with E-state index < -0.39 is 23.7 Å². The number of benzene rings is 1. The number of amides is 1. The molecule has 1 aliphatic heterocycles. The molecule has 1 aromatic heterocycles. The van der Waals surface area contributed by atoms with E-state index in [0.29, 0.717) is 41.2 Å². The number of Topliss-reactive ketones (excluding diaryl/α,β-unsaturated/α-hetero) is 1. The van der Waals surface area contributed by atoms with Crippen molar-refractivity contribution >= 4 is 23.4 Å². The maximum atomic E-state index is 13.3. The van der Waals surface area contributed by atoms with Gasteiger partial charge in [0.2, 0.25) is 0 Å². The molecule has 2 aromatic rings. The van der Waals surface area contributed by atoms with Crippen molar-refractivity contribution in [3.63, 3.8) is 0 Å². The topological polar surface area (TPSA) is 112 Å². The van der Waals surface area contributed by atoms with Crippen LogP contribution in [0.15, 0.2) is 29.8 Å². The number of carbonyl (C=O) groups excluding carboxylic acids is 3. The maximum absolute atomic E-state index is 13.3. The first-order valence-electron chi connectivity index (χ1n) is 11.6. The minimum Gasteiger partial charge on any atom is -0.507 e. The number of hydrogen-bond donors (Lipinski definition) is 2. The van der Waals surface area contributed by atoms with Crippen molar-refractivity contribution in [2.45, 2.75) is 33.7 Å². The Balaban J connectivity index is 2.17. The summed E-state index contributed by atoms with van der Waals surface area (Å²) < 4.78 is 10.1. The third-order valence-electron chi connectivity index (χ3n) is 6.59. The lowest BCUT2D eigenvalue weighted by Gasteiger charge is -2.28. The minimum atomic E-state index is -0.785. The highest BCUT2D eigenvalue weighted by Gasteiger charge is 2.46. The summed E-state index contributed by atoms with van der Waals surface area (Å²) in [4.78, 5) is 45.2. The van der Waals surface area contributed by atoms with Gasteiger partial charge in [-0.2, -0.15) is 0 Å². The molecular weight excluding hydrogens is 450 g/mol. The molecule has 1 fully saturated rings.